The molecule has 0 bridgehead atoms. The average Bonchev–Trinajstić information content (AvgIpc) is 3.41. The van der Waals surface area contributed by atoms with E-state index in [1.54, 1.807) is 4.90 Å². The van der Waals surface area contributed by atoms with Crippen LogP contribution in [0.1, 0.15) is 53.8 Å². The molecule has 0 unspecified atom stereocenters. The number of urea groups is 1. The Morgan fingerprint density at radius 2 is 1.62 bits per heavy atom. The van der Waals surface area contributed by atoms with Crippen molar-refractivity contribution in [2.75, 3.05) is 39.3 Å². The molecule has 178 valence electrons. The summed E-state index contributed by atoms with van der Waals surface area (Å²) in [4.78, 5) is 35.6. The Balaban J connectivity index is 0.873. The maximum Gasteiger partial charge on any atom is 0.320 e. The molecule has 34 heavy (non-hydrogen) atoms. The molecule has 10 heteroatoms. The zero-order chi connectivity index (χ0) is 23.2. The monoisotopic (exact) mass is 484 g/mol. The van der Waals surface area contributed by atoms with Gasteiger partial charge in [0.05, 0.1) is 16.6 Å². The van der Waals surface area contributed by atoms with Gasteiger partial charge in [-0.05, 0) is 43.9 Å². The van der Waals surface area contributed by atoms with Gasteiger partial charge in [0.25, 0.3) is 5.91 Å². The highest BCUT2D eigenvalue weighted by Crippen LogP contribution is 2.54. The first-order chi connectivity index (χ1) is 16.3. The quantitative estimate of drug-likeness (QED) is 0.670. The molecule has 1 aromatic heterocycles. The predicted molar refractivity (Wildman–Crippen MR) is 121 cm³/mol. The van der Waals surface area contributed by atoms with Crippen molar-refractivity contribution in [3.8, 4) is 0 Å². The zero-order valence-corrected chi connectivity index (χ0v) is 19.5. The normalized spacial score (nSPS) is 24.5. The minimum atomic E-state index is -0.457. The van der Waals surface area contributed by atoms with E-state index in [1.807, 2.05) is 20.8 Å². The van der Waals surface area contributed by atoms with Gasteiger partial charge in [-0.15, -0.1) is 0 Å². The fraction of sp³-hybridized carbons (Fsp3) is 0.583. The summed E-state index contributed by atoms with van der Waals surface area (Å²) in [7, 11) is 0. The summed E-state index contributed by atoms with van der Waals surface area (Å²) in [5, 5.41) is 4.80. The molecule has 4 heterocycles. The lowest BCUT2D eigenvalue weighted by molar-refractivity contribution is -0.108. The highest BCUT2D eigenvalue weighted by molar-refractivity contribution is 6.33. The summed E-state index contributed by atoms with van der Waals surface area (Å²) in [6, 6.07) is 4.37. The Morgan fingerprint density at radius 3 is 2.26 bits per heavy atom. The number of halogens is 2. The second-order valence-electron chi connectivity index (χ2n) is 11.2. The molecular weight excluding hydrogens is 459 g/mol. The molecule has 0 N–H and O–H groups in total. The number of benzene rings is 1. The van der Waals surface area contributed by atoms with Gasteiger partial charge >= 0.3 is 6.03 Å². The lowest BCUT2D eigenvalue weighted by atomic mass is 9.60. The third kappa shape index (κ3) is 3.16. The van der Waals surface area contributed by atoms with E-state index in [0.29, 0.717) is 43.7 Å². The summed E-state index contributed by atoms with van der Waals surface area (Å²) in [5.41, 5.74) is 0.571. The van der Waals surface area contributed by atoms with Crippen molar-refractivity contribution in [1.29, 1.82) is 0 Å². The number of hydrogen-bond donors (Lipinski definition) is 0. The minimum absolute atomic E-state index is 0.00565. The Morgan fingerprint density at radius 1 is 0.971 bits per heavy atom. The molecule has 2 aliphatic carbocycles. The largest absolute Gasteiger partial charge is 0.337 e. The number of carbonyl (C=O) groups is 2. The van der Waals surface area contributed by atoms with Crippen LogP contribution >= 0.6 is 11.6 Å². The van der Waals surface area contributed by atoms with Gasteiger partial charge in [-0.2, -0.15) is 5.10 Å². The number of likely N-dealkylation sites (tertiary alicyclic amines) is 3. The summed E-state index contributed by atoms with van der Waals surface area (Å²) in [6.45, 7) is 4.22. The molecule has 1 aromatic carbocycles. The molecule has 5 aliphatic rings. The van der Waals surface area contributed by atoms with Crippen LogP contribution in [-0.2, 0) is 0 Å². The molecule has 2 saturated carbocycles. The van der Waals surface area contributed by atoms with E-state index in [0.717, 1.165) is 37.8 Å². The number of rotatable bonds is 3. The SMILES string of the molecule is O=C(c1ccc(F)cc1Cl)N1CC2(C1)CN(C(=O)N1CC3(CC(n4cnc(C5CC5)n4)C3)C1)C2. The van der Waals surface area contributed by atoms with Gasteiger partial charge in [0.15, 0.2) is 5.82 Å². The van der Waals surface area contributed by atoms with Crippen LogP contribution < -0.4 is 0 Å². The van der Waals surface area contributed by atoms with Gasteiger partial charge in [0.2, 0.25) is 0 Å². The number of hydrogen-bond acceptors (Lipinski definition) is 4. The van der Waals surface area contributed by atoms with Crippen LogP contribution in [0.3, 0.4) is 0 Å². The third-order valence-corrected chi connectivity index (χ3v) is 8.64. The molecule has 0 radical (unpaired) electrons. The number of carbonyl (C=O) groups excluding carboxylic acids is 2. The van der Waals surface area contributed by atoms with Crippen molar-refractivity contribution < 1.29 is 14.0 Å². The van der Waals surface area contributed by atoms with Crippen molar-refractivity contribution in [1.82, 2.24) is 29.5 Å². The third-order valence-electron chi connectivity index (χ3n) is 8.33. The second kappa shape index (κ2) is 6.93. The molecule has 2 aromatic rings. The topological polar surface area (TPSA) is 74.6 Å². The minimum Gasteiger partial charge on any atom is -0.337 e. The molecule has 7 rings (SSSR count). The first kappa shape index (κ1) is 20.7. The maximum atomic E-state index is 13.3. The smallest absolute Gasteiger partial charge is 0.320 e. The van der Waals surface area contributed by atoms with Gasteiger partial charge in [0.1, 0.15) is 12.1 Å². The predicted octanol–water partition coefficient (Wildman–Crippen LogP) is 3.16. The van der Waals surface area contributed by atoms with Crippen molar-refractivity contribution in [2.45, 2.75) is 37.6 Å². The molecule has 8 nitrogen and oxygen atoms in total. The average molecular weight is 485 g/mol. The van der Waals surface area contributed by atoms with E-state index in [4.69, 9.17) is 11.6 Å². The van der Waals surface area contributed by atoms with Crippen molar-refractivity contribution >= 4 is 23.5 Å². The Bertz CT molecular complexity index is 1180. The first-order valence-corrected chi connectivity index (χ1v) is 12.4. The highest BCUT2D eigenvalue weighted by Gasteiger charge is 2.59. The summed E-state index contributed by atoms with van der Waals surface area (Å²) in [5.74, 6) is 0.936. The standard InChI is InChI=1S/C24H26ClFN6O2/c25-19-5-16(26)3-4-18(19)21(33)29-10-24(11-29)12-31(13-24)22(34)30-8-23(9-30)6-17(7-23)32-14-27-20(28-32)15-1-2-15/h3-5,14-15,17H,1-2,6-13H2. The van der Waals surface area contributed by atoms with Crippen LogP contribution in [0.25, 0.3) is 0 Å². The number of amides is 3. The Labute approximate surface area is 201 Å². The lowest BCUT2D eigenvalue weighted by Crippen LogP contribution is -2.76. The van der Waals surface area contributed by atoms with Crippen LogP contribution in [-0.4, -0.2) is 80.7 Å². The molecule has 5 fully saturated rings. The first-order valence-electron chi connectivity index (χ1n) is 12.0. The zero-order valence-electron chi connectivity index (χ0n) is 18.8. The van der Waals surface area contributed by atoms with E-state index in [2.05, 4.69) is 10.1 Å². The van der Waals surface area contributed by atoms with E-state index in [9.17, 15) is 14.0 Å². The molecule has 3 aliphatic heterocycles. The van der Waals surface area contributed by atoms with E-state index >= 15 is 0 Å². The van der Waals surface area contributed by atoms with Crippen LogP contribution in [0.2, 0.25) is 5.02 Å². The molecule has 3 saturated heterocycles. The van der Waals surface area contributed by atoms with Gasteiger partial charge in [-0.1, -0.05) is 11.6 Å². The van der Waals surface area contributed by atoms with Crippen LogP contribution in [0.15, 0.2) is 24.5 Å². The van der Waals surface area contributed by atoms with E-state index < -0.39 is 5.82 Å². The van der Waals surface area contributed by atoms with Gasteiger partial charge in [-0.3, -0.25) is 4.79 Å². The summed E-state index contributed by atoms with van der Waals surface area (Å²) in [6.07, 6.45) is 6.44. The van der Waals surface area contributed by atoms with E-state index in [-0.39, 0.29) is 27.8 Å². The van der Waals surface area contributed by atoms with Gasteiger partial charge < -0.3 is 14.7 Å². The molecule has 3 amide bonds. The fourth-order valence-electron chi connectivity index (χ4n) is 6.32. The van der Waals surface area contributed by atoms with Crippen molar-refractivity contribution in [3.63, 3.8) is 0 Å². The van der Waals surface area contributed by atoms with Crippen LogP contribution in [0.4, 0.5) is 9.18 Å². The molecule has 0 atom stereocenters. The maximum absolute atomic E-state index is 13.3. The highest BCUT2D eigenvalue weighted by atomic mass is 35.5. The Kier molecular flexibility index (Phi) is 4.21. The second-order valence-corrected chi connectivity index (χ2v) is 11.6. The van der Waals surface area contributed by atoms with Crippen molar-refractivity contribution in [2.24, 2.45) is 10.8 Å². The Hall–Kier alpha value is -2.68. The lowest BCUT2D eigenvalue weighted by Gasteiger charge is -2.63. The van der Waals surface area contributed by atoms with Gasteiger partial charge in [-0.25, -0.2) is 18.9 Å². The number of aromatic nitrogens is 3. The summed E-state index contributed by atoms with van der Waals surface area (Å²) < 4.78 is 15.3. The summed E-state index contributed by atoms with van der Waals surface area (Å²) >= 11 is 6.04. The molecular formula is C24H26ClFN6O2. The van der Waals surface area contributed by atoms with E-state index in [1.165, 1.54) is 25.0 Å². The van der Waals surface area contributed by atoms with Gasteiger partial charge in [0, 0.05) is 56.0 Å². The van der Waals surface area contributed by atoms with Crippen LogP contribution in [0, 0.1) is 16.6 Å². The van der Waals surface area contributed by atoms with Crippen molar-refractivity contribution in [3.05, 3.63) is 46.8 Å². The molecule has 2 spiro atoms. The van der Waals surface area contributed by atoms with Crippen LogP contribution in [0.5, 0.6) is 0 Å². The fourth-order valence-corrected chi connectivity index (χ4v) is 6.56. The number of nitrogens with zero attached hydrogens (tertiary/aromatic N) is 6.